The molecule has 0 bridgehead atoms. The number of nitrogens with one attached hydrogen (secondary N) is 2. The summed E-state index contributed by atoms with van der Waals surface area (Å²) in [5.74, 6) is -6.27. The van der Waals surface area contributed by atoms with Crippen LogP contribution >= 0.6 is 0 Å². The molecule has 6 N–H and O–H groups in total. The molecule has 10 nitrogen and oxygen atoms in total. The van der Waals surface area contributed by atoms with Gasteiger partial charge in [-0.2, -0.15) is 0 Å². The zero-order chi connectivity index (χ0) is 26.0. The van der Waals surface area contributed by atoms with Crippen molar-refractivity contribution in [1.29, 1.82) is 0 Å². The van der Waals surface area contributed by atoms with Gasteiger partial charge in [0.05, 0.1) is 33.6 Å². The highest BCUT2D eigenvalue weighted by atomic mass is 16.4. The van der Waals surface area contributed by atoms with Crippen LogP contribution in [0.1, 0.15) is 41.4 Å². The molecule has 36 heavy (non-hydrogen) atoms. The Bertz CT molecular complexity index is 1420. The topological polar surface area (TPSA) is 173 Å². The fourth-order valence-corrected chi connectivity index (χ4v) is 3.97. The average Bonchev–Trinajstić information content (AvgIpc) is 2.83. The standard InChI is InChI=1S/C26H18N2O8/c29-23(30)15-11-17(27-13-7-3-1-4-8-13)21(25(33)34)19-16(24(31)32)12-18(22(20(15)19)26(35)36)28-14-9-5-2-6-10-14/h1-12,27-28H,(H,29,30)(H,31,32)(H,33,34)(H,35,36). The summed E-state index contributed by atoms with van der Waals surface area (Å²) in [4.78, 5) is 49.4. The van der Waals surface area contributed by atoms with Gasteiger partial charge >= 0.3 is 23.9 Å². The highest BCUT2D eigenvalue weighted by Gasteiger charge is 2.31. The molecule has 0 spiro atoms. The molecule has 0 saturated heterocycles. The first kappa shape index (κ1) is 23.8. The molecule has 0 aliphatic carbocycles. The van der Waals surface area contributed by atoms with E-state index in [2.05, 4.69) is 10.6 Å². The van der Waals surface area contributed by atoms with Crippen molar-refractivity contribution in [3.05, 3.63) is 95.1 Å². The molecule has 0 aliphatic heterocycles. The summed E-state index contributed by atoms with van der Waals surface area (Å²) in [5, 5.41) is 44.7. The van der Waals surface area contributed by atoms with Crippen molar-refractivity contribution < 1.29 is 39.6 Å². The molecule has 0 heterocycles. The Hall–Kier alpha value is -5.38. The molecule has 10 heteroatoms. The number of carbonyl (C=O) groups is 4. The van der Waals surface area contributed by atoms with Crippen molar-refractivity contribution in [3.8, 4) is 0 Å². The molecule has 0 aromatic heterocycles. The number of rotatable bonds is 8. The van der Waals surface area contributed by atoms with Gasteiger partial charge in [0.1, 0.15) is 0 Å². The lowest BCUT2D eigenvalue weighted by atomic mass is 9.89. The van der Waals surface area contributed by atoms with E-state index in [0.29, 0.717) is 11.4 Å². The van der Waals surface area contributed by atoms with Crippen LogP contribution in [-0.4, -0.2) is 44.3 Å². The third-order valence-electron chi connectivity index (χ3n) is 5.40. The van der Waals surface area contributed by atoms with Gasteiger partial charge in [0.15, 0.2) is 0 Å². The molecule has 0 aliphatic rings. The second-order valence-corrected chi connectivity index (χ2v) is 7.65. The minimum Gasteiger partial charge on any atom is -0.478 e. The Labute approximate surface area is 203 Å². The lowest BCUT2D eigenvalue weighted by Gasteiger charge is -2.20. The molecule has 0 saturated carbocycles. The SMILES string of the molecule is O=C(O)c1cc(Nc2ccccc2)c(C(=O)O)c2c(C(=O)O)cc(Nc3ccccc3)c(C(=O)O)c12. The predicted octanol–water partition coefficient (Wildman–Crippen LogP) is 5.12. The van der Waals surface area contributed by atoms with Crippen LogP contribution in [0, 0.1) is 0 Å². The third-order valence-corrected chi connectivity index (χ3v) is 5.40. The van der Waals surface area contributed by atoms with Gasteiger partial charge in [0.2, 0.25) is 0 Å². The van der Waals surface area contributed by atoms with Crippen LogP contribution in [0.5, 0.6) is 0 Å². The molecule has 0 fully saturated rings. The van der Waals surface area contributed by atoms with E-state index in [1.54, 1.807) is 60.7 Å². The third kappa shape index (κ3) is 4.38. The number of carboxylic acids is 4. The van der Waals surface area contributed by atoms with Crippen LogP contribution in [0.2, 0.25) is 0 Å². The quantitative estimate of drug-likeness (QED) is 0.196. The number of hydrogen-bond donors (Lipinski definition) is 6. The van der Waals surface area contributed by atoms with Gasteiger partial charge in [-0.3, -0.25) is 0 Å². The maximum absolute atomic E-state index is 12.4. The van der Waals surface area contributed by atoms with E-state index in [0.717, 1.165) is 12.1 Å². The second-order valence-electron chi connectivity index (χ2n) is 7.65. The minimum absolute atomic E-state index is 0.207. The first-order chi connectivity index (χ1) is 17.2. The molecule has 180 valence electrons. The van der Waals surface area contributed by atoms with Gasteiger partial charge in [-0.1, -0.05) is 36.4 Å². The average molecular weight is 486 g/mol. The smallest absolute Gasteiger partial charge is 0.338 e. The Morgan fingerprint density at radius 1 is 0.500 bits per heavy atom. The highest BCUT2D eigenvalue weighted by Crippen LogP contribution is 2.40. The zero-order valence-electron chi connectivity index (χ0n) is 18.4. The van der Waals surface area contributed by atoms with Crippen molar-refractivity contribution in [2.24, 2.45) is 0 Å². The number of hydrogen-bond acceptors (Lipinski definition) is 6. The highest BCUT2D eigenvalue weighted by molar-refractivity contribution is 6.26. The lowest BCUT2D eigenvalue weighted by Crippen LogP contribution is -2.15. The van der Waals surface area contributed by atoms with Crippen LogP contribution in [0.4, 0.5) is 22.7 Å². The van der Waals surface area contributed by atoms with Crippen molar-refractivity contribution >= 4 is 57.4 Å². The largest absolute Gasteiger partial charge is 0.478 e. The van der Waals surface area contributed by atoms with Crippen LogP contribution in [-0.2, 0) is 0 Å². The fourth-order valence-electron chi connectivity index (χ4n) is 3.97. The van der Waals surface area contributed by atoms with Gasteiger partial charge in [-0.25, -0.2) is 19.2 Å². The monoisotopic (exact) mass is 486 g/mol. The summed E-state index contributed by atoms with van der Waals surface area (Å²) in [6.07, 6.45) is 0. The van der Waals surface area contributed by atoms with Crippen LogP contribution < -0.4 is 10.6 Å². The molecule has 0 amide bonds. The summed E-state index contributed by atoms with van der Waals surface area (Å²) >= 11 is 0. The number of anilines is 4. The van der Waals surface area contributed by atoms with Crippen molar-refractivity contribution in [2.75, 3.05) is 10.6 Å². The van der Waals surface area contributed by atoms with E-state index in [9.17, 15) is 39.6 Å². The maximum atomic E-state index is 12.4. The summed E-state index contributed by atoms with van der Waals surface area (Å²) in [6, 6.07) is 18.5. The number of carboxylic acid groups (broad SMARTS) is 4. The molecule has 4 aromatic rings. The molecular weight excluding hydrogens is 468 g/mol. The molecule has 4 aromatic carbocycles. The Kier molecular flexibility index (Phi) is 6.25. The van der Waals surface area contributed by atoms with Gasteiger partial charge < -0.3 is 31.1 Å². The zero-order valence-corrected chi connectivity index (χ0v) is 18.4. The fraction of sp³-hybridized carbons (Fsp3) is 0. The first-order valence-corrected chi connectivity index (χ1v) is 10.4. The summed E-state index contributed by atoms with van der Waals surface area (Å²) in [5.41, 5.74) is -1.91. The molecule has 0 unspecified atom stereocenters. The van der Waals surface area contributed by atoms with E-state index in [4.69, 9.17) is 0 Å². The van der Waals surface area contributed by atoms with Crippen molar-refractivity contribution in [3.63, 3.8) is 0 Å². The van der Waals surface area contributed by atoms with Crippen LogP contribution in [0.25, 0.3) is 10.8 Å². The number of aromatic carboxylic acids is 4. The van der Waals surface area contributed by atoms with Crippen molar-refractivity contribution in [1.82, 2.24) is 0 Å². The lowest BCUT2D eigenvalue weighted by molar-refractivity contribution is 0.0676. The van der Waals surface area contributed by atoms with E-state index in [1.807, 2.05) is 0 Å². The van der Waals surface area contributed by atoms with Gasteiger partial charge in [0.25, 0.3) is 0 Å². The van der Waals surface area contributed by atoms with Gasteiger partial charge in [-0.05, 0) is 36.4 Å². The van der Waals surface area contributed by atoms with E-state index in [-0.39, 0.29) is 11.4 Å². The maximum Gasteiger partial charge on any atom is 0.338 e. The van der Waals surface area contributed by atoms with E-state index >= 15 is 0 Å². The normalized spacial score (nSPS) is 10.6. The van der Waals surface area contributed by atoms with Gasteiger partial charge in [-0.15, -0.1) is 0 Å². The first-order valence-electron chi connectivity index (χ1n) is 10.4. The Morgan fingerprint density at radius 3 is 1.11 bits per heavy atom. The molecular formula is C26H18N2O8. The molecule has 0 radical (unpaired) electrons. The second kappa shape index (κ2) is 9.47. The Morgan fingerprint density at radius 2 is 0.833 bits per heavy atom. The summed E-state index contributed by atoms with van der Waals surface area (Å²) in [6.45, 7) is 0. The molecule has 0 atom stereocenters. The van der Waals surface area contributed by atoms with Crippen LogP contribution in [0.15, 0.2) is 72.8 Å². The van der Waals surface area contributed by atoms with E-state index < -0.39 is 56.9 Å². The Balaban J connectivity index is 2.17. The van der Waals surface area contributed by atoms with Crippen LogP contribution in [0.3, 0.4) is 0 Å². The number of fused-ring (bicyclic) bond motifs is 1. The number of benzene rings is 4. The predicted molar refractivity (Wildman–Crippen MR) is 131 cm³/mol. The van der Waals surface area contributed by atoms with Gasteiger partial charge in [0, 0.05) is 22.1 Å². The number of para-hydroxylation sites is 2. The molecule has 4 rings (SSSR count). The van der Waals surface area contributed by atoms with E-state index in [1.165, 1.54) is 0 Å². The summed E-state index contributed by atoms with van der Waals surface area (Å²) in [7, 11) is 0. The van der Waals surface area contributed by atoms with Crippen molar-refractivity contribution in [2.45, 2.75) is 0 Å². The summed E-state index contributed by atoms with van der Waals surface area (Å²) < 4.78 is 0. The minimum atomic E-state index is -1.57.